The number of halogens is 1. The van der Waals surface area contributed by atoms with Gasteiger partial charge in [0.2, 0.25) is 0 Å². The lowest BCUT2D eigenvalue weighted by Crippen LogP contribution is -2.52. The van der Waals surface area contributed by atoms with E-state index in [1.165, 1.54) is 12.1 Å². The largest absolute Gasteiger partial charge is 0.480 e. The topological polar surface area (TPSA) is 32.8 Å². The minimum absolute atomic E-state index is 0.0390. The molecule has 0 spiro atoms. The summed E-state index contributed by atoms with van der Waals surface area (Å²) in [5.41, 5.74) is 3.14. The van der Waals surface area contributed by atoms with E-state index in [1.54, 1.807) is 12.1 Å². The van der Waals surface area contributed by atoms with Gasteiger partial charge in [-0.2, -0.15) is 0 Å². The molecule has 27 heavy (non-hydrogen) atoms. The number of aryl methyl sites for hydroxylation is 2. The highest BCUT2D eigenvalue weighted by Crippen LogP contribution is 2.23. The van der Waals surface area contributed by atoms with Gasteiger partial charge in [-0.25, -0.2) is 4.39 Å². The first-order chi connectivity index (χ1) is 13.0. The van der Waals surface area contributed by atoms with Crippen molar-refractivity contribution in [3.05, 3.63) is 59.4 Å². The molecule has 0 radical (unpaired) electrons. The van der Waals surface area contributed by atoms with Crippen LogP contribution >= 0.6 is 0 Å². The lowest BCUT2D eigenvalue weighted by molar-refractivity contribution is -0.139. The van der Waals surface area contributed by atoms with Crippen LogP contribution in [0.15, 0.2) is 42.5 Å². The molecule has 0 aliphatic carbocycles. The summed E-state index contributed by atoms with van der Waals surface area (Å²) >= 11 is 0. The van der Waals surface area contributed by atoms with Crippen molar-refractivity contribution in [2.24, 2.45) is 0 Å². The molecule has 1 saturated heterocycles. The van der Waals surface area contributed by atoms with Gasteiger partial charge in [0.25, 0.3) is 5.91 Å². The van der Waals surface area contributed by atoms with Crippen molar-refractivity contribution in [2.45, 2.75) is 33.3 Å². The average molecular weight is 370 g/mol. The Morgan fingerprint density at radius 3 is 2.37 bits per heavy atom. The lowest BCUT2D eigenvalue weighted by Gasteiger charge is -2.37. The second kappa shape index (κ2) is 8.42. The van der Waals surface area contributed by atoms with Gasteiger partial charge in [0, 0.05) is 31.9 Å². The molecular formula is C22H27FN2O2. The molecule has 5 heteroatoms. The minimum Gasteiger partial charge on any atom is -0.480 e. The molecule has 0 bridgehead atoms. The number of anilines is 1. The standard InChI is InChI=1S/C22H27FN2O2/c1-4-20(27-21-15-16(2)5-6-17(21)3)22(26)25-13-11-24(12-14-25)19-9-7-18(23)8-10-19/h5-10,15,20H,4,11-14H2,1-3H3/t20-/m1/s1. The highest BCUT2D eigenvalue weighted by molar-refractivity contribution is 5.81. The maximum Gasteiger partial charge on any atom is 0.263 e. The molecule has 1 fully saturated rings. The highest BCUT2D eigenvalue weighted by Gasteiger charge is 2.28. The first-order valence-corrected chi connectivity index (χ1v) is 9.51. The molecule has 1 aliphatic heterocycles. The lowest BCUT2D eigenvalue weighted by atomic mass is 10.1. The van der Waals surface area contributed by atoms with E-state index < -0.39 is 6.10 Å². The van der Waals surface area contributed by atoms with Gasteiger partial charge in [-0.3, -0.25) is 4.79 Å². The second-order valence-electron chi connectivity index (χ2n) is 7.07. The van der Waals surface area contributed by atoms with Crippen LogP contribution in [0, 0.1) is 19.7 Å². The molecule has 4 nitrogen and oxygen atoms in total. The van der Waals surface area contributed by atoms with Crippen LogP contribution in [0.3, 0.4) is 0 Å². The smallest absolute Gasteiger partial charge is 0.263 e. The van der Waals surface area contributed by atoms with Crippen molar-refractivity contribution in [3.63, 3.8) is 0 Å². The minimum atomic E-state index is -0.470. The Balaban J connectivity index is 1.61. The number of benzene rings is 2. The molecule has 2 aromatic rings. The van der Waals surface area contributed by atoms with Crippen molar-refractivity contribution < 1.29 is 13.9 Å². The van der Waals surface area contributed by atoms with Crippen LogP contribution in [0.4, 0.5) is 10.1 Å². The predicted octanol–water partition coefficient (Wildman–Crippen LogP) is 3.95. The van der Waals surface area contributed by atoms with Crippen LogP contribution in [-0.2, 0) is 4.79 Å². The Bertz CT molecular complexity index is 783. The predicted molar refractivity (Wildman–Crippen MR) is 106 cm³/mol. The SMILES string of the molecule is CC[C@@H](Oc1cc(C)ccc1C)C(=O)N1CCN(c2ccc(F)cc2)CC1. The van der Waals surface area contributed by atoms with Crippen LogP contribution in [0.1, 0.15) is 24.5 Å². The van der Waals surface area contributed by atoms with Gasteiger partial charge >= 0.3 is 0 Å². The van der Waals surface area contributed by atoms with E-state index in [1.807, 2.05) is 43.9 Å². The Kier molecular flexibility index (Phi) is 5.99. The van der Waals surface area contributed by atoms with E-state index >= 15 is 0 Å². The fourth-order valence-corrected chi connectivity index (χ4v) is 3.34. The quantitative estimate of drug-likeness (QED) is 0.799. The summed E-state index contributed by atoms with van der Waals surface area (Å²) in [7, 11) is 0. The number of carbonyl (C=O) groups is 1. The van der Waals surface area contributed by atoms with Gasteiger partial charge in [0.05, 0.1) is 0 Å². The molecule has 3 rings (SSSR count). The van der Waals surface area contributed by atoms with Crippen molar-refractivity contribution in [1.29, 1.82) is 0 Å². The summed E-state index contributed by atoms with van der Waals surface area (Å²) in [6.07, 6.45) is 0.160. The molecule has 0 aromatic heterocycles. The molecule has 1 atom stereocenters. The van der Waals surface area contributed by atoms with Crippen molar-refractivity contribution in [2.75, 3.05) is 31.1 Å². The molecule has 0 saturated carbocycles. The van der Waals surface area contributed by atoms with Gasteiger partial charge in [0.1, 0.15) is 11.6 Å². The van der Waals surface area contributed by atoms with Gasteiger partial charge in [-0.15, -0.1) is 0 Å². The van der Waals surface area contributed by atoms with Crippen molar-refractivity contribution in [1.82, 2.24) is 4.90 Å². The first kappa shape index (κ1) is 19.2. The third-order valence-corrected chi connectivity index (χ3v) is 5.04. The highest BCUT2D eigenvalue weighted by atomic mass is 19.1. The van der Waals surface area contributed by atoms with E-state index in [0.717, 1.165) is 35.7 Å². The second-order valence-corrected chi connectivity index (χ2v) is 7.07. The fourth-order valence-electron chi connectivity index (χ4n) is 3.34. The third kappa shape index (κ3) is 4.59. The van der Waals surface area contributed by atoms with Crippen LogP contribution in [0.5, 0.6) is 5.75 Å². The van der Waals surface area contributed by atoms with E-state index in [2.05, 4.69) is 4.90 Å². The fraction of sp³-hybridized carbons (Fsp3) is 0.409. The Morgan fingerprint density at radius 1 is 1.07 bits per heavy atom. The first-order valence-electron chi connectivity index (χ1n) is 9.51. The van der Waals surface area contributed by atoms with Crippen LogP contribution < -0.4 is 9.64 Å². The van der Waals surface area contributed by atoms with E-state index in [0.29, 0.717) is 19.5 Å². The summed E-state index contributed by atoms with van der Waals surface area (Å²) < 4.78 is 19.2. The van der Waals surface area contributed by atoms with Crippen LogP contribution in [0.2, 0.25) is 0 Å². The van der Waals surface area contributed by atoms with Crippen LogP contribution in [-0.4, -0.2) is 43.1 Å². The van der Waals surface area contributed by atoms with E-state index in [9.17, 15) is 9.18 Å². The molecule has 1 heterocycles. The zero-order valence-corrected chi connectivity index (χ0v) is 16.2. The number of piperazine rings is 1. The third-order valence-electron chi connectivity index (χ3n) is 5.04. The Morgan fingerprint density at radius 2 is 1.74 bits per heavy atom. The molecule has 1 amide bonds. The summed E-state index contributed by atoms with van der Waals surface area (Å²) in [5, 5.41) is 0. The Labute approximate surface area is 160 Å². The number of amides is 1. The van der Waals surface area contributed by atoms with E-state index in [-0.39, 0.29) is 11.7 Å². The molecular weight excluding hydrogens is 343 g/mol. The number of ether oxygens (including phenoxy) is 1. The molecule has 144 valence electrons. The number of rotatable bonds is 5. The van der Waals surface area contributed by atoms with Gasteiger partial charge in [0.15, 0.2) is 6.10 Å². The molecule has 0 N–H and O–H groups in total. The monoisotopic (exact) mass is 370 g/mol. The van der Waals surface area contributed by atoms with Gasteiger partial charge in [-0.1, -0.05) is 19.1 Å². The molecule has 1 aliphatic rings. The zero-order valence-electron chi connectivity index (χ0n) is 16.2. The van der Waals surface area contributed by atoms with Crippen molar-refractivity contribution >= 4 is 11.6 Å². The summed E-state index contributed by atoms with van der Waals surface area (Å²) in [5.74, 6) is 0.583. The van der Waals surface area contributed by atoms with Crippen LogP contribution in [0.25, 0.3) is 0 Å². The number of hydrogen-bond donors (Lipinski definition) is 0. The summed E-state index contributed by atoms with van der Waals surface area (Å²) in [6.45, 7) is 8.74. The van der Waals surface area contributed by atoms with Gasteiger partial charge < -0.3 is 14.5 Å². The normalized spacial score (nSPS) is 15.6. The number of hydrogen-bond acceptors (Lipinski definition) is 3. The molecule has 0 unspecified atom stereocenters. The molecule has 2 aromatic carbocycles. The van der Waals surface area contributed by atoms with E-state index in [4.69, 9.17) is 4.74 Å². The summed E-state index contributed by atoms with van der Waals surface area (Å²) in [4.78, 5) is 17.0. The maximum atomic E-state index is 13.1. The Hall–Kier alpha value is -2.56. The van der Waals surface area contributed by atoms with Crippen molar-refractivity contribution in [3.8, 4) is 5.75 Å². The zero-order chi connectivity index (χ0) is 19.4. The number of carbonyl (C=O) groups excluding carboxylic acids is 1. The maximum absolute atomic E-state index is 13.1. The average Bonchev–Trinajstić information content (AvgIpc) is 2.69. The summed E-state index contributed by atoms with van der Waals surface area (Å²) in [6, 6.07) is 12.5. The number of nitrogens with zero attached hydrogens (tertiary/aromatic N) is 2. The van der Waals surface area contributed by atoms with Gasteiger partial charge in [-0.05, 0) is 61.7 Å².